The highest BCUT2D eigenvalue weighted by molar-refractivity contribution is 7.91. The number of nitrogens with zero attached hydrogens (tertiary/aromatic N) is 2. The van der Waals surface area contributed by atoms with E-state index >= 15 is 0 Å². The van der Waals surface area contributed by atoms with Crippen LogP contribution in [0.5, 0.6) is 0 Å². The lowest BCUT2D eigenvalue weighted by atomic mass is 10.0. The fourth-order valence-corrected chi connectivity index (χ4v) is 6.01. The summed E-state index contributed by atoms with van der Waals surface area (Å²) in [6.07, 6.45) is 1.60. The number of carbonyl (C=O) groups is 1. The van der Waals surface area contributed by atoms with Gasteiger partial charge in [-0.25, -0.2) is 17.9 Å². The summed E-state index contributed by atoms with van der Waals surface area (Å²) in [4.78, 5) is 16.2. The molecule has 0 aromatic carbocycles. The van der Waals surface area contributed by atoms with Gasteiger partial charge in [-0.05, 0) is 44.1 Å². The first-order valence-electron chi connectivity index (χ1n) is 8.07. The van der Waals surface area contributed by atoms with Crippen LogP contribution in [-0.4, -0.2) is 56.0 Å². The predicted molar refractivity (Wildman–Crippen MR) is 90.0 cm³/mol. The van der Waals surface area contributed by atoms with Crippen LogP contribution in [0.2, 0.25) is 0 Å². The van der Waals surface area contributed by atoms with E-state index in [9.17, 15) is 13.2 Å². The van der Waals surface area contributed by atoms with E-state index in [2.05, 4.69) is 4.72 Å². The molecule has 2 amide bonds. The molecule has 1 aromatic heterocycles. The lowest BCUT2D eigenvalue weighted by molar-refractivity contribution is 0.138. The minimum Gasteiger partial charge on any atom is -0.325 e. The highest BCUT2D eigenvalue weighted by Gasteiger charge is 2.48. The van der Waals surface area contributed by atoms with Crippen molar-refractivity contribution < 1.29 is 13.2 Å². The number of rotatable bonds is 5. The van der Waals surface area contributed by atoms with Crippen LogP contribution in [0.3, 0.4) is 0 Å². The number of likely N-dealkylation sites (tertiary alicyclic amines) is 1. The monoisotopic (exact) mass is 357 g/mol. The first kappa shape index (κ1) is 16.7. The Labute approximate surface area is 141 Å². The van der Waals surface area contributed by atoms with Gasteiger partial charge < -0.3 is 9.80 Å². The van der Waals surface area contributed by atoms with Gasteiger partial charge in [-0.1, -0.05) is 6.07 Å². The van der Waals surface area contributed by atoms with Gasteiger partial charge in [-0.2, -0.15) is 0 Å². The van der Waals surface area contributed by atoms with Crippen molar-refractivity contribution in [3.63, 3.8) is 0 Å². The van der Waals surface area contributed by atoms with Gasteiger partial charge in [0.25, 0.3) is 0 Å². The highest BCUT2D eigenvalue weighted by atomic mass is 32.2. The zero-order valence-corrected chi connectivity index (χ0v) is 15.1. The van der Waals surface area contributed by atoms with Crippen molar-refractivity contribution in [2.75, 3.05) is 19.6 Å². The number of amides is 2. The molecule has 8 heteroatoms. The predicted octanol–water partition coefficient (Wildman–Crippen LogP) is 1.95. The van der Waals surface area contributed by atoms with Crippen LogP contribution in [0.1, 0.15) is 26.7 Å². The summed E-state index contributed by atoms with van der Waals surface area (Å²) in [5, 5.41) is 1.76. The average Bonchev–Trinajstić information content (AvgIpc) is 3.24. The number of hydrogen-bond donors (Lipinski definition) is 1. The van der Waals surface area contributed by atoms with Crippen molar-refractivity contribution in [1.29, 1.82) is 0 Å². The van der Waals surface area contributed by atoms with Crippen molar-refractivity contribution in [2.45, 2.75) is 43.0 Å². The van der Waals surface area contributed by atoms with Crippen LogP contribution >= 0.6 is 11.3 Å². The van der Waals surface area contributed by atoms with Gasteiger partial charge in [0.15, 0.2) is 0 Å². The molecule has 1 aliphatic heterocycles. The molecule has 3 atom stereocenters. The number of fused-ring (bicyclic) bond motifs is 2. The molecule has 3 rings (SSSR count). The van der Waals surface area contributed by atoms with Crippen LogP contribution in [0.25, 0.3) is 0 Å². The van der Waals surface area contributed by atoms with E-state index in [1.165, 1.54) is 11.3 Å². The Kier molecular flexibility index (Phi) is 4.66. The van der Waals surface area contributed by atoms with Crippen LogP contribution < -0.4 is 4.72 Å². The van der Waals surface area contributed by atoms with Crippen molar-refractivity contribution in [1.82, 2.24) is 14.5 Å². The Morgan fingerprint density at radius 2 is 2.13 bits per heavy atom. The maximum Gasteiger partial charge on any atom is 0.320 e. The normalized spacial score (nSPS) is 26.7. The molecule has 3 unspecified atom stereocenters. The van der Waals surface area contributed by atoms with E-state index in [4.69, 9.17) is 0 Å². The maximum atomic E-state index is 12.5. The number of piperidine rings is 1. The zero-order valence-electron chi connectivity index (χ0n) is 13.4. The molecule has 2 bridgehead atoms. The van der Waals surface area contributed by atoms with Crippen LogP contribution in [0.4, 0.5) is 4.79 Å². The first-order valence-corrected chi connectivity index (χ1v) is 10.4. The number of carbonyl (C=O) groups excluding carboxylic acids is 1. The Balaban J connectivity index is 1.64. The van der Waals surface area contributed by atoms with Gasteiger partial charge in [0.1, 0.15) is 4.21 Å². The summed E-state index contributed by atoms with van der Waals surface area (Å²) < 4.78 is 27.9. The smallest absolute Gasteiger partial charge is 0.320 e. The molecule has 1 saturated heterocycles. The van der Waals surface area contributed by atoms with Gasteiger partial charge in [0, 0.05) is 31.7 Å². The average molecular weight is 358 g/mol. The van der Waals surface area contributed by atoms with Gasteiger partial charge in [0.05, 0.1) is 0 Å². The molecule has 1 N–H and O–H groups in total. The lowest BCUT2D eigenvalue weighted by Crippen LogP contribution is -2.51. The third-order valence-electron chi connectivity index (χ3n) is 4.89. The Bertz CT molecular complexity index is 656. The van der Waals surface area contributed by atoms with Crippen LogP contribution in [0.15, 0.2) is 21.7 Å². The molecule has 1 saturated carbocycles. The minimum atomic E-state index is -3.43. The second kappa shape index (κ2) is 6.41. The van der Waals surface area contributed by atoms with Gasteiger partial charge in [-0.15, -0.1) is 11.3 Å². The molecular weight excluding hydrogens is 334 g/mol. The molecule has 0 radical (unpaired) electrons. The van der Waals surface area contributed by atoms with E-state index in [1.54, 1.807) is 17.5 Å². The summed E-state index contributed by atoms with van der Waals surface area (Å²) in [6.45, 7) is 6.02. The molecule has 1 aromatic rings. The molecule has 0 spiro atoms. The number of thiophene rings is 1. The Hall–Kier alpha value is -1.12. The second-order valence-corrected chi connectivity index (χ2v) is 9.04. The van der Waals surface area contributed by atoms with Crippen molar-refractivity contribution in [2.24, 2.45) is 5.92 Å². The summed E-state index contributed by atoms with van der Waals surface area (Å²) >= 11 is 1.23. The quantitative estimate of drug-likeness (QED) is 0.876. The van der Waals surface area contributed by atoms with Crippen molar-refractivity contribution >= 4 is 27.4 Å². The third-order valence-corrected chi connectivity index (χ3v) is 7.78. The fourth-order valence-electron chi connectivity index (χ4n) is 3.68. The standard InChI is InChI=1S/C15H23N3O3S2/c1-3-17(4-2)15(19)18-10-11-8-12(18)9-13(11)16-23(20,21)14-6-5-7-22-14/h5-7,11-13,16H,3-4,8-10H2,1-2H3. The molecule has 1 aliphatic carbocycles. The fraction of sp³-hybridized carbons (Fsp3) is 0.667. The summed E-state index contributed by atoms with van der Waals surface area (Å²) in [6, 6.07) is 3.54. The van der Waals surface area contributed by atoms with Gasteiger partial charge in [-0.3, -0.25) is 0 Å². The molecule has 2 aliphatic rings. The van der Waals surface area contributed by atoms with E-state index in [0.29, 0.717) is 30.3 Å². The third kappa shape index (κ3) is 3.12. The first-order chi connectivity index (χ1) is 11.0. The molecule has 2 heterocycles. The molecular formula is C15H23N3O3S2. The maximum absolute atomic E-state index is 12.5. The zero-order chi connectivity index (χ0) is 16.6. The number of hydrogen-bond acceptors (Lipinski definition) is 4. The number of urea groups is 1. The van der Waals surface area contributed by atoms with Crippen molar-refractivity contribution in [3.8, 4) is 0 Å². The van der Waals surface area contributed by atoms with Crippen LogP contribution in [0, 0.1) is 5.92 Å². The Morgan fingerprint density at radius 3 is 2.65 bits per heavy atom. The summed E-state index contributed by atoms with van der Waals surface area (Å²) in [5.74, 6) is 0.217. The van der Waals surface area contributed by atoms with Crippen LogP contribution in [-0.2, 0) is 10.0 Å². The second-order valence-electron chi connectivity index (χ2n) is 6.15. The van der Waals surface area contributed by atoms with E-state index in [1.807, 2.05) is 23.6 Å². The van der Waals surface area contributed by atoms with E-state index in [0.717, 1.165) is 6.42 Å². The van der Waals surface area contributed by atoms with Crippen molar-refractivity contribution in [3.05, 3.63) is 17.5 Å². The molecule has 2 fully saturated rings. The number of sulfonamides is 1. The summed E-state index contributed by atoms with van der Waals surface area (Å²) in [5.41, 5.74) is 0. The topological polar surface area (TPSA) is 69.7 Å². The van der Waals surface area contributed by atoms with Gasteiger partial charge >= 0.3 is 6.03 Å². The SMILES string of the molecule is CCN(CC)C(=O)N1CC2CC1CC2NS(=O)(=O)c1cccs1. The van der Waals surface area contributed by atoms with Gasteiger partial charge in [0.2, 0.25) is 10.0 Å². The number of nitrogens with one attached hydrogen (secondary N) is 1. The highest BCUT2D eigenvalue weighted by Crippen LogP contribution is 2.39. The molecule has 23 heavy (non-hydrogen) atoms. The Morgan fingerprint density at radius 1 is 1.39 bits per heavy atom. The molecule has 128 valence electrons. The lowest BCUT2D eigenvalue weighted by Gasteiger charge is -2.35. The molecule has 6 nitrogen and oxygen atoms in total. The summed E-state index contributed by atoms with van der Waals surface area (Å²) in [7, 11) is -3.43. The minimum absolute atomic E-state index is 0.0622. The van der Waals surface area contributed by atoms with E-state index in [-0.39, 0.29) is 24.0 Å². The van der Waals surface area contributed by atoms with E-state index < -0.39 is 10.0 Å². The largest absolute Gasteiger partial charge is 0.325 e.